The molecule has 0 aromatic rings. The maximum absolute atomic E-state index is 8.86. The molecule has 0 fully saturated rings. The van der Waals surface area contributed by atoms with Gasteiger partial charge < -0.3 is 5.11 Å². The highest BCUT2D eigenvalue weighted by atomic mass is 32.2. The summed E-state index contributed by atoms with van der Waals surface area (Å²) in [5.74, 6) is 1.66. The highest BCUT2D eigenvalue weighted by Crippen LogP contribution is 2.28. The average Bonchev–Trinajstić information content (AvgIpc) is 1.91. The monoisotopic (exact) mass is 116 g/mol. The average molecular weight is 116 g/mol. The molecule has 0 aromatic heterocycles. The highest BCUT2D eigenvalue weighted by Gasteiger charge is 2.07. The molecule has 1 N–H and O–H groups in total. The van der Waals surface area contributed by atoms with Crippen LogP contribution in [0.5, 0.6) is 0 Å². The van der Waals surface area contributed by atoms with Crippen molar-refractivity contribution in [2.75, 3.05) is 5.75 Å². The molecule has 0 aromatic carbocycles. The Hall–Kier alpha value is -0.110. The number of hydrogen-bond donors (Lipinski definition) is 1. The minimum atomic E-state index is 0.588. The van der Waals surface area contributed by atoms with E-state index in [4.69, 9.17) is 5.11 Å². The van der Waals surface area contributed by atoms with E-state index in [1.165, 1.54) is 0 Å². The van der Waals surface area contributed by atoms with Gasteiger partial charge in [-0.05, 0) is 6.92 Å². The topological polar surface area (TPSA) is 20.2 Å². The predicted octanol–water partition coefficient (Wildman–Crippen LogP) is 1.91. The first-order valence-corrected chi connectivity index (χ1v) is 3.31. The third kappa shape index (κ3) is 0.911. The minimum Gasteiger partial charge on any atom is -0.511 e. The molecule has 0 spiro atoms. The third-order valence-corrected chi connectivity index (χ3v) is 2.14. The van der Waals surface area contributed by atoms with Crippen LogP contribution in [0.15, 0.2) is 10.7 Å². The van der Waals surface area contributed by atoms with Crippen LogP contribution in [-0.2, 0) is 0 Å². The second kappa shape index (κ2) is 1.78. The molecule has 40 valence electrons. The van der Waals surface area contributed by atoms with Gasteiger partial charge in [0.15, 0.2) is 0 Å². The fraction of sp³-hybridized carbons (Fsp3) is 0.600. The van der Waals surface area contributed by atoms with Crippen molar-refractivity contribution in [3.63, 3.8) is 0 Å². The minimum absolute atomic E-state index is 0.588. The van der Waals surface area contributed by atoms with E-state index in [0.717, 1.165) is 17.1 Å². The maximum atomic E-state index is 8.86. The second-order valence-corrected chi connectivity index (χ2v) is 2.91. The molecule has 7 heavy (non-hydrogen) atoms. The first-order valence-electron chi connectivity index (χ1n) is 2.32. The Morgan fingerprint density at radius 1 is 1.71 bits per heavy atom. The van der Waals surface area contributed by atoms with Gasteiger partial charge in [-0.15, -0.1) is 11.8 Å². The normalized spacial score (nSPS) is 21.3. The Labute approximate surface area is 47.4 Å². The van der Waals surface area contributed by atoms with Crippen LogP contribution in [0, 0.1) is 0 Å². The van der Waals surface area contributed by atoms with Gasteiger partial charge in [-0.3, -0.25) is 0 Å². The standard InChI is InChI=1S/C5H8OS/c1-4-5(6)2-3-7-4/h6H,2-3H2,1H3. The lowest BCUT2D eigenvalue weighted by molar-refractivity contribution is 0.396. The van der Waals surface area contributed by atoms with Crippen molar-refractivity contribution in [1.82, 2.24) is 0 Å². The first-order chi connectivity index (χ1) is 3.30. The summed E-state index contributed by atoms with van der Waals surface area (Å²) >= 11 is 1.73. The summed E-state index contributed by atoms with van der Waals surface area (Å²) in [4.78, 5) is 1.10. The molecule has 1 heterocycles. The summed E-state index contributed by atoms with van der Waals surface area (Å²) in [6.45, 7) is 1.95. The summed E-state index contributed by atoms with van der Waals surface area (Å²) in [6.07, 6.45) is 0.872. The number of allylic oxidation sites excluding steroid dienone is 2. The van der Waals surface area contributed by atoms with Gasteiger partial charge in [-0.1, -0.05) is 0 Å². The maximum Gasteiger partial charge on any atom is 0.102 e. The lowest BCUT2D eigenvalue weighted by atomic mass is 10.4. The van der Waals surface area contributed by atoms with Crippen molar-refractivity contribution in [3.05, 3.63) is 10.7 Å². The molecule has 0 amide bonds. The van der Waals surface area contributed by atoms with Gasteiger partial charge >= 0.3 is 0 Å². The number of rotatable bonds is 0. The molecule has 0 saturated carbocycles. The lowest BCUT2D eigenvalue weighted by Crippen LogP contribution is -1.73. The number of aliphatic hydroxyl groups is 1. The highest BCUT2D eigenvalue weighted by molar-refractivity contribution is 8.03. The Balaban J connectivity index is 2.64. The van der Waals surface area contributed by atoms with E-state index in [1.807, 2.05) is 6.92 Å². The van der Waals surface area contributed by atoms with Gasteiger partial charge in [-0.2, -0.15) is 0 Å². The SMILES string of the molecule is CC1=C(O)CCS1. The van der Waals surface area contributed by atoms with Crippen LogP contribution in [0.1, 0.15) is 13.3 Å². The third-order valence-electron chi connectivity index (χ3n) is 1.06. The first kappa shape index (κ1) is 5.04. The number of thioether (sulfide) groups is 1. The zero-order chi connectivity index (χ0) is 5.28. The summed E-state index contributed by atoms with van der Waals surface area (Å²) in [6, 6.07) is 0. The molecule has 1 nitrogen and oxygen atoms in total. The van der Waals surface area contributed by atoms with Gasteiger partial charge in [0.1, 0.15) is 5.76 Å². The largest absolute Gasteiger partial charge is 0.511 e. The van der Waals surface area contributed by atoms with Crippen molar-refractivity contribution in [3.8, 4) is 0 Å². The molecule has 0 bridgehead atoms. The van der Waals surface area contributed by atoms with Crippen LogP contribution in [0.25, 0.3) is 0 Å². The smallest absolute Gasteiger partial charge is 0.102 e. The molecule has 0 aliphatic carbocycles. The molecular formula is C5H8OS. The van der Waals surface area contributed by atoms with Crippen molar-refractivity contribution < 1.29 is 5.11 Å². The summed E-state index contributed by atoms with van der Waals surface area (Å²) in [5, 5.41) is 8.86. The van der Waals surface area contributed by atoms with Crippen LogP contribution < -0.4 is 0 Å². The number of hydrogen-bond acceptors (Lipinski definition) is 2. The van der Waals surface area contributed by atoms with E-state index in [-0.39, 0.29) is 0 Å². The van der Waals surface area contributed by atoms with Crippen molar-refractivity contribution >= 4 is 11.8 Å². The molecule has 1 rings (SSSR count). The Morgan fingerprint density at radius 2 is 2.43 bits per heavy atom. The van der Waals surface area contributed by atoms with E-state index in [1.54, 1.807) is 11.8 Å². The molecule has 1 aliphatic heterocycles. The van der Waals surface area contributed by atoms with Crippen molar-refractivity contribution in [2.45, 2.75) is 13.3 Å². The Kier molecular flexibility index (Phi) is 1.28. The quantitative estimate of drug-likeness (QED) is 0.521. The van der Waals surface area contributed by atoms with Gasteiger partial charge in [-0.25, -0.2) is 0 Å². The lowest BCUT2D eigenvalue weighted by Gasteiger charge is -1.85. The van der Waals surface area contributed by atoms with Crippen LogP contribution in [0.4, 0.5) is 0 Å². The fourth-order valence-corrected chi connectivity index (χ4v) is 1.43. The summed E-state index contributed by atoms with van der Waals surface area (Å²) in [5.41, 5.74) is 0. The Bertz CT molecular complexity index is 94.6. The van der Waals surface area contributed by atoms with Crippen LogP contribution in [0.2, 0.25) is 0 Å². The van der Waals surface area contributed by atoms with E-state index in [0.29, 0.717) is 5.76 Å². The molecule has 0 unspecified atom stereocenters. The van der Waals surface area contributed by atoms with Crippen LogP contribution in [0.3, 0.4) is 0 Å². The van der Waals surface area contributed by atoms with Gasteiger partial charge in [0, 0.05) is 17.1 Å². The van der Waals surface area contributed by atoms with Crippen LogP contribution >= 0.6 is 11.8 Å². The van der Waals surface area contributed by atoms with Gasteiger partial charge in [0.2, 0.25) is 0 Å². The molecule has 0 radical (unpaired) electrons. The molecule has 0 atom stereocenters. The van der Waals surface area contributed by atoms with E-state index < -0.39 is 0 Å². The zero-order valence-electron chi connectivity index (χ0n) is 4.27. The Morgan fingerprint density at radius 3 is 2.57 bits per heavy atom. The molecule has 0 saturated heterocycles. The summed E-state index contributed by atoms with van der Waals surface area (Å²) < 4.78 is 0. The van der Waals surface area contributed by atoms with E-state index >= 15 is 0 Å². The number of aliphatic hydroxyl groups excluding tert-OH is 1. The molecule has 1 aliphatic rings. The predicted molar refractivity (Wildman–Crippen MR) is 32.4 cm³/mol. The van der Waals surface area contributed by atoms with E-state index in [2.05, 4.69) is 0 Å². The van der Waals surface area contributed by atoms with Crippen LogP contribution in [-0.4, -0.2) is 10.9 Å². The van der Waals surface area contributed by atoms with Gasteiger partial charge in [0.25, 0.3) is 0 Å². The second-order valence-electron chi connectivity index (χ2n) is 1.60. The summed E-state index contributed by atoms with van der Waals surface area (Å²) in [7, 11) is 0. The molecular weight excluding hydrogens is 108 g/mol. The molecule has 2 heteroatoms. The van der Waals surface area contributed by atoms with Crippen molar-refractivity contribution in [1.29, 1.82) is 0 Å². The zero-order valence-corrected chi connectivity index (χ0v) is 5.09. The van der Waals surface area contributed by atoms with Crippen molar-refractivity contribution in [2.24, 2.45) is 0 Å². The van der Waals surface area contributed by atoms with E-state index in [9.17, 15) is 0 Å². The van der Waals surface area contributed by atoms with Gasteiger partial charge in [0.05, 0.1) is 0 Å². The fourth-order valence-electron chi connectivity index (χ4n) is 0.560.